The van der Waals surface area contributed by atoms with E-state index in [0.717, 1.165) is 35.0 Å². The van der Waals surface area contributed by atoms with Crippen LogP contribution in [0.15, 0.2) is 48.1 Å². The van der Waals surface area contributed by atoms with Gasteiger partial charge in [0, 0.05) is 34.7 Å². The Morgan fingerprint density at radius 3 is 2.78 bits per heavy atom. The van der Waals surface area contributed by atoms with Gasteiger partial charge in [0.2, 0.25) is 0 Å². The van der Waals surface area contributed by atoms with E-state index in [0.29, 0.717) is 12.8 Å². The Bertz CT molecular complexity index is 902. The molecule has 2 N–H and O–H groups in total. The number of carbonyl (C=O) groups is 1. The van der Waals surface area contributed by atoms with E-state index >= 15 is 0 Å². The van der Waals surface area contributed by atoms with E-state index < -0.39 is 5.54 Å². The van der Waals surface area contributed by atoms with Crippen molar-refractivity contribution in [3.63, 3.8) is 0 Å². The summed E-state index contributed by atoms with van der Waals surface area (Å²) < 4.78 is 1.80. The van der Waals surface area contributed by atoms with Crippen LogP contribution in [-0.4, -0.2) is 33.8 Å². The number of aromatic nitrogens is 3. The van der Waals surface area contributed by atoms with Crippen LogP contribution in [0, 0.1) is 6.92 Å². The second-order valence-corrected chi connectivity index (χ2v) is 7.42. The number of carbonyl (C=O) groups excluding carboxylic acids is 1. The van der Waals surface area contributed by atoms with E-state index in [1.165, 1.54) is 0 Å². The maximum absolute atomic E-state index is 13.2. The highest BCUT2D eigenvalue weighted by molar-refractivity contribution is 7.13. The van der Waals surface area contributed by atoms with Crippen LogP contribution < -0.4 is 10.6 Å². The maximum atomic E-state index is 13.2. The Morgan fingerprint density at radius 1 is 1.30 bits per heavy atom. The molecule has 3 aromatic rings. The van der Waals surface area contributed by atoms with Gasteiger partial charge in [0.1, 0.15) is 10.5 Å². The highest BCUT2D eigenvalue weighted by atomic mass is 35.5. The largest absolute Gasteiger partial charge is 0.324 e. The van der Waals surface area contributed by atoms with Crippen molar-refractivity contribution >= 4 is 35.3 Å². The van der Waals surface area contributed by atoms with Crippen molar-refractivity contribution in [3.05, 3.63) is 53.8 Å². The highest BCUT2D eigenvalue weighted by Crippen LogP contribution is 2.30. The molecule has 0 unspecified atom stereocenters. The quantitative estimate of drug-likeness (QED) is 0.699. The Kier molecular flexibility index (Phi) is 5.94. The Morgan fingerprint density at radius 2 is 2.11 bits per heavy atom. The van der Waals surface area contributed by atoms with Gasteiger partial charge in [-0.1, -0.05) is 12.1 Å². The molecule has 1 amide bonds. The van der Waals surface area contributed by atoms with Gasteiger partial charge in [-0.25, -0.2) is 4.98 Å². The molecule has 0 aliphatic carbocycles. The molecule has 6 nitrogen and oxygen atoms in total. The molecule has 142 valence electrons. The molecule has 0 spiro atoms. The van der Waals surface area contributed by atoms with E-state index in [1.807, 2.05) is 48.8 Å². The first kappa shape index (κ1) is 19.5. The van der Waals surface area contributed by atoms with Crippen molar-refractivity contribution in [2.75, 3.05) is 18.4 Å². The van der Waals surface area contributed by atoms with Crippen LogP contribution in [0.25, 0.3) is 10.6 Å². The number of thiazole rings is 1. The van der Waals surface area contributed by atoms with Gasteiger partial charge in [0.25, 0.3) is 5.91 Å². The fraction of sp³-hybridized carbons (Fsp3) is 0.316. The summed E-state index contributed by atoms with van der Waals surface area (Å²) in [6, 6.07) is 9.72. The Labute approximate surface area is 168 Å². The third-order valence-corrected chi connectivity index (χ3v) is 5.79. The van der Waals surface area contributed by atoms with Crippen LogP contribution in [0.5, 0.6) is 0 Å². The lowest BCUT2D eigenvalue weighted by Crippen LogP contribution is -2.52. The molecule has 0 radical (unpaired) electrons. The van der Waals surface area contributed by atoms with Crippen LogP contribution in [0.4, 0.5) is 5.69 Å². The molecule has 2 aromatic heterocycles. The van der Waals surface area contributed by atoms with Gasteiger partial charge in [0.15, 0.2) is 0 Å². The van der Waals surface area contributed by atoms with Crippen LogP contribution in [0.2, 0.25) is 0 Å². The van der Waals surface area contributed by atoms with Crippen molar-refractivity contribution in [3.8, 4) is 10.6 Å². The minimum Gasteiger partial charge on any atom is -0.324 e. The number of hydrogen-bond donors (Lipinski definition) is 2. The van der Waals surface area contributed by atoms with Gasteiger partial charge >= 0.3 is 0 Å². The van der Waals surface area contributed by atoms with Gasteiger partial charge in [-0.3, -0.25) is 9.48 Å². The normalized spacial score (nSPS) is 15.7. The second kappa shape index (κ2) is 8.21. The molecule has 4 rings (SSSR count). The van der Waals surface area contributed by atoms with Crippen molar-refractivity contribution < 1.29 is 4.79 Å². The smallest absolute Gasteiger partial charge is 0.252 e. The molecule has 8 heteroatoms. The van der Waals surface area contributed by atoms with Crippen molar-refractivity contribution in [2.45, 2.75) is 25.3 Å². The molecule has 0 saturated carbocycles. The lowest BCUT2D eigenvalue weighted by molar-refractivity contribution is -0.126. The number of piperidine rings is 1. The number of nitrogens with zero attached hydrogens (tertiary/aromatic N) is 3. The maximum Gasteiger partial charge on any atom is 0.252 e. The standard InChI is InChI=1S/C19H21N5OS.ClH/c1-14-13-26-17(22-14)15-4-2-5-16(12-15)23-18(25)19(6-9-20-10-7-19)24-11-3-8-21-24;/h2-5,8,11-13,20H,6-7,9-10H2,1H3,(H,23,25);1H. The molecule has 1 aliphatic rings. The molecule has 27 heavy (non-hydrogen) atoms. The van der Waals surface area contributed by atoms with Crippen LogP contribution in [-0.2, 0) is 10.3 Å². The van der Waals surface area contributed by atoms with Gasteiger partial charge in [-0.2, -0.15) is 5.10 Å². The fourth-order valence-electron chi connectivity index (χ4n) is 3.39. The molecule has 1 aliphatic heterocycles. The second-order valence-electron chi connectivity index (χ2n) is 6.56. The molecular formula is C19H22ClN5OS. The summed E-state index contributed by atoms with van der Waals surface area (Å²) in [5.74, 6) is -0.0184. The zero-order valence-corrected chi connectivity index (χ0v) is 16.6. The number of benzene rings is 1. The van der Waals surface area contributed by atoms with Gasteiger partial charge in [-0.15, -0.1) is 23.7 Å². The summed E-state index contributed by atoms with van der Waals surface area (Å²) in [6.45, 7) is 3.58. The average Bonchev–Trinajstić information content (AvgIpc) is 3.34. The lowest BCUT2D eigenvalue weighted by atomic mass is 9.87. The van der Waals surface area contributed by atoms with Crippen LogP contribution in [0.3, 0.4) is 0 Å². The lowest BCUT2D eigenvalue weighted by Gasteiger charge is -2.36. The Balaban J connectivity index is 0.00000210. The first-order valence-electron chi connectivity index (χ1n) is 8.72. The minimum atomic E-state index is -0.650. The summed E-state index contributed by atoms with van der Waals surface area (Å²) in [4.78, 5) is 17.8. The molecule has 1 saturated heterocycles. The van der Waals surface area contributed by atoms with Crippen LogP contribution in [0.1, 0.15) is 18.5 Å². The summed E-state index contributed by atoms with van der Waals surface area (Å²) in [7, 11) is 0. The zero-order chi connectivity index (χ0) is 18.0. The Hall–Kier alpha value is -2.22. The van der Waals surface area contributed by atoms with Crippen LogP contribution >= 0.6 is 23.7 Å². The van der Waals surface area contributed by atoms with E-state index in [2.05, 4.69) is 20.7 Å². The number of anilines is 1. The van der Waals surface area contributed by atoms with E-state index in [4.69, 9.17) is 0 Å². The predicted molar refractivity (Wildman–Crippen MR) is 110 cm³/mol. The first-order valence-corrected chi connectivity index (χ1v) is 9.60. The molecule has 3 heterocycles. The molecular weight excluding hydrogens is 382 g/mol. The summed E-state index contributed by atoms with van der Waals surface area (Å²) >= 11 is 1.61. The predicted octanol–water partition coefficient (Wildman–Crippen LogP) is 3.45. The zero-order valence-electron chi connectivity index (χ0n) is 15.0. The number of hydrogen-bond acceptors (Lipinski definition) is 5. The van der Waals surface area contributed by atoms with E-state index in [-0.39, 0.29) is 18.3 Å². The third kappa shape index (κ3) is 3.90. The van der Waals surface area contributed by atoms with Gasteiger partial charge < -0.3 is 10.6 Å². The SMILES string of the molecule is Cc1csc(-c2cccc(NC(=O)C3(n4cccn4)CCNCC3)c2)n1.Cl. The fourth-order valence-corrected chi connectivity index (χ4v) is 4.18. The monoisotopic (exact) mass is 403 g/mol. The van der Waals surface area contributed by atoms with E-state index in [9.17, 15) is 4.79 Å². The van der Waals surface area contributed by atoms with Crippen molar-refractivity contribution in [1.82, 2.24) is 20.1 Å². The molecule has 0 atom stereocenters. The number of nitrogens with one attached hydrogen (secondary N) is 2. The van der Waals surface area contributed by atoms with Crippen molar-refractivity contribution in [1.29, 1.82) is 0 Å². The minimum absolute atomic E-state index is 0. The van der Waals surface area contributed by atoms with Gasteiger partial charge in [0.05, 0.1) is 0 Å². The number of rotatable bonds is 4. The summed E-state index contributed by atoms with van der Waals surface area (Å²) in [5, 5.41) is 13.8. The number of halogens is 1. The highest BCUT2D eigenvalue weighted by Gasteiger charge is 2.42. The molecule has 0 bridgehead atoms. The molecule has 1 fully saturated rings. The van der Waals surface area contributed by atoms with E-state index in [1.54, 1.807) is 22.2 Å². The molecule has 1 aromatic carbocycles. The van der Waals surface area contributed by atoms with Gasteiger partial charge in [-0.05, 0) is 51.1 Å². The summed E-state index contributed by atoms with van der Waals surface area (Å²) in [5.41, 5.74) is 2.15. The number of amides is 1. The third-order valence-electron chi connectivity index (χ3n) is 4.78. The topological polar surface area (TPSA) is 71.8 Å². The summed E-state index contributed by atoms with van der Waals surface area (Å²) in [6.07, 6.45) is 5.03. The number of aryl methyl sites for hydroxylation is 1. The average molecular weight is 404 g/mol. The van der Waals surface area contributed by atoms with Crippen molar-refractivity contribution in [2.24, 2.45) is 0 Å². The first-order chi connectivity index (χ1) is 12.7.